The maximum atomic E-state index is 11.8. The number of carbonyl (C=O) groups excluding carboxylic acids is 1. The highest BCUT2D eigenvalue weighted by atomic mass is 35.5. The Kier molecular flexibility index (Phi) is 4.52. The van der Waals surface area contributed by atoms with Crippen molar-refractivity contribution in [2.24, 2.45) is 0 Å². The summed E-state index contributed by atoms with van der Waals surface area (Å²) in [5.74, 6) is -0.267. The van der Waals surface area contributed by atoms with Gasteiger partial charge in [-0.1, -0.05) is 23.7 Å². The number of halogens is 1. The molecule has 0 saturated heterocycles. The molecule has 0 atom stereocenters. The minimum Gasteiger partial charge on any atom is -0.274 e. The van der Waals surface area contributed by atoms with E-state index in [1.165, 1.54) is 11.3 Å². The van der Waals surface area contributed by atoms with Crippen LogP contribution in [0.2, 0.25) is 5.02 Å². The van der Waals surface area contributed by atoms with Crippen LogP contribution in [-0.2, 0) is 4.84 Å². The maximum absolute atomic E-state index is 11.8. The SMILES string of the molecule is CCONC(=O)c1sc(-c2ccc(Cl)cc2)nc1C. The van der Waals surface area contributed by atoms with Gasteiger partial charge in [-0.05, 0) is 26.0 Å². The predicted octanol–water partition coefficient (Wildman–Crippen LogP) is 3.45. The first-order valence-corrected chi connectivity index (χ1v) is 6.96. The number of carbonyl (C=O) groups is 1. The van der Waals surface area contributed by atoms with Gasteiger partial charge in [0, 0.05) is 10.6 Å². The van der Waals surface area contributed by atoms with Crippen LogP contribution < -0.4 is 5.48 Å². The zero-order chi connectivity index (χ0) is 13.8. The molecule has 100 valence electrons. The molecule has 1 heterocycles. The lowest BCUT2D eigenvalue weighted by Gasteiger charge is -2.00. The number of nitrogens with one attached hydrogen (secondary N) is 1. The predicted molar refractivity (Wildman–Crippen MR) is 76.4 cm³/mol. The Hall–Kier alpha value is -1.43. The van der Waals surface area contributed by atoms with Crippen LogP contribution in [0, 0.1) is 6.92 Å². The van der Waals surface area contributed by atoms with Crippen LogP contribution in [-0.4, -0.2) is 17.5 Å². The average Bonchev–Trinajstić information content (AvgIpc) is 2.79. The number of thiazole rings is 1. The molecule has 0 unspecified atom stereocenters. The van der Waals surface area contributed by atoms with Crippen LogP contribution in [0.5, 0.6) is 0 Å². The number of nitrogens with zero attached hydrogens (tertiary/aromatic N) is 1. The number of hydrogen-bond acceptors (Lipinski definition) is 4. The second-order valence-electron chi connectivity index (χ2n) is 3.80. The average molecular weight is 297 g/mol. The first-order valence-electron chi connectivity index (χ1n) is 5.77. The van der Waals surface area contributed by atoms with Gasteiger partial charge in [0.05, 0.1) is 12.3 Å². The van der Waals surface area contributed by atoms with E-state index in [0.717, 1.165) is 10.6 Å². The van der Waals surface area contributed by atoms with E-state index in [0.29, 0.717) is 22.2 Å². The van der Waals surface area contributed by atoms with E-state index in [1.807, 2.05) is 12.1 Å². The first kappa shape index (κ1) is 14.0. The quantitative estimate of drug-likeness (QED) is 0.879. The van der Waals surface area contributed by atoms with E-state index >= 15 is 0 Å². The van der Waals surface area contributed by atoms with Gasteiger partial charge in [-0.3, -0.25) is 9.63 Å². The lowest BCUT2D eigenvalue weighted by Crippen LogP contribution is -2.23. The smallest absolute Gasteiger partial charge is 0.274 e. The van der Waals surface area contributed by atoms with Gasteiger partial charge in [0.1, 0.15) is 9.88 Å². The molecule has 0 saturated carbocycles. The second-order valence-corrected chi connectivity index (χ2v) is 5.24. The van der Waals surface area contributed by atoms with Crippen LogP contribution in [0.3, 0.4) is 0 Å². The third-order valence-corrected chi connectivity index (χ3v) is 3.86. The molecule has 2 rings (SSSR count). The fraction of sp³-hybridized carbons (Fsp3) is 0.231. The van der Waals surface area contributed by atoms with Gasteiger partial charge in [-0.2, -0.15) is 0 Å². The van der Waals surface area contributed by atoms with Crippen molar-refractivity contribution in [1.29, 1.82) is 0 Å². The lowest BCUT2D eigenvalue weighted by molar-refractivity contribution is 0.0367. The molecule has 0 spiro atoms. The van der Waals surface area contributed by atoms with Crippen LogP contribution in [0.4, 0.5) is 0 Å². The second kappa shape index (κ2) is 6.14. The minimum absolute atomic E-state index is 0.267. The molecule has 0 radical (unpaired) electrons. The van der Waals surface area contributed by atoms with Gasteiger partial charge in [-0.15, -0.1) is 11.3 Å². The van der Waals surface area contributed by atoms with Crippen molar-refractivity contribution >= 4 is 28.8 Å². The Morgan fingerprint density at radius 1 is 1.42 bits per heavy atom. The zero-order valence-electron chi connectivity index (χ0n) is 10.6. The van der Waals surface area contributed by atoms with Crippen molar-refractivity contribution in [3.05, 3.63) is 39.9 Å². The van der Waals surface area contributed by atoms with Gasteiger partial charge >= 0.3 is 0 Å². The fourth-order valence-electron chi connectivity index (χ4n) is 1.51. The fourth-order valence-corrected chi connectivity index (χ4v) is 2.59. The van der Waals surface area contributed by atoms with Gasteiger partial charge in [-0.25, -0.2) is 10.5 Å². The molecule has 1 aromatic carbocycles. The van der Waals surface area contributed by atoms with Crippen LogP contribution >= 0.6 is 22.9 Å². The molecule has 4 nitrogen and oxygen atoms in total. The molecule has 0 fully saturated rings. The summed E-state index contributed by atoms with van der Waals surface area (Å²) >= 11 is 7.18. The van der Waals surface area contributed by atoms with E-state index in [2.05, 4.69) is 10.5 Å². The molecule has 19 heavy (non-hydrogen) atoms. The van der Waals surface area contributed by atoms with Crippen LogP contribution in [0.25, 0.3) is 10.6 Å². The van der Waals surface area contributed by atoms with Crippen molar-refractivity contribution in [3.63, 3.8) is 0 Å². The number of aryl methyl sites for hydroxylation is 1. The standard InChI is InChI=1S/C13H13ClN2O2S/c1-3-18-16-12(17)11-8(2)15-13(19-11)9-4-6-10(14)7-5-9/h4-7H,3H2,1-2H3,(H,16,17). The Balaban J connectivity index is 2.25. The topological polar surface area (TPSA) is 51.2 Å². The molecule has 1 N–H and O–H groups in total. The third-order valence-electron chi connectivity index (χ3n) is 2.40. The number of hydroxylamine groups is 1. The first-order chi connectivity index (χ1) is 9.11. The van der Waals surface area contributed by atoms with E-state index in [1.54, 1.807) is 26.0 Å². The number of hydrogen-bond donors (Lipinski definition) is 1. The molecule has 0 bridgehead atoms. The summed E-state index contributed by atoms with van der Waals surface area (Å²) in [5.41, 5.74) is 4.00. The molecular formula is C13H13ClN2O2S. The Labute approximate surface area is 120 Å². The summed E-state index contributed by atoms with van der Waals surface area (Å²) in [5, 5.41) is 1.46. The monoisotopic (exact) mass is 296 g/mol. The van der Waals surface area contributed by atoms with Gasteiger partial charge in [0.25, 0.3) is 5.91 Å². The van der Waals surface area contributed by atoms with Gasteiger partial charge < -0.3 is 0 Å². The molecule has 2 aromatic rings. The highest BCUT2D eigenvalue weighted by Gasteiger charge is 2.16. The summed E-state index contributed by atoms with van der Waals surface area (Å²) in [6, 6.07) is 7.36. The maximum Gasteiger partial charge on any atom is 0.286 e. The molecule has 0 aliphatic heterocycles. The normalized spacial score (nSPS) is 10.5. The van der Waals surface area contributed by atoms with Crippen molar-refractivity contribution in [2.75, 3.05) is 6.61 Å². The minimum atomic E-state index is -0.267. The van der Waals surface area contributed by atoms with Gasteiger partial charge in [0.2, 0.25) is 0 Å². The van der Waals surface area contributed by atoms with Crippen molar-refractivity contribution in [2.45, 2.75) is 13.8 Å². The number of aromatic nitrogens is 1. The zero-order valence-corrected chi connectivity index (χ0v) is 12.1. The molecule has 0 aliphatic rings. The highest BCUT2D eigenvalue weighted by Crippen LogP contribution is 2.28. The van der Waals surface area contributed by atoms with Crippen molar-refractivity contribution in [3.8, 4) is 10.6 Å². The third kappa shape index (κ3) is 3.32. The number of benzene rings is 1. The summed E-state index contributed by atoms with van der Waals surface area (Å²) < 4.78 is 0. The summed E-state index contributed by atoms with van der Waals surface area (Å²) in [6.07, 6.45) is 0. The Morgan fingerprint density at radius 2 is 2.11 bits per heavy atom. The summed E-state index contributed by atoms with van der Waals surface area (Å²) in [7, 11) is 0. The molecule has 1 aromatic heterocycles. The molecule has 0 aliphatic carbocycles. The lowest BCUT2D eigenvalue weighted by atomic mass is 10.2. The molecule has 1 amide bonds. The van der Waals surface area contributed by atoms with Crippen LogP contribution in [0.1, 0.15) is 22.3 Å². The van der Waals surface area contributed by atoms with Crippen molar-refractivity contribution in [1.82, 2.24) is 10.5 Å². The van der Waals surface area contributed by atoms with Crippen molar-refractivity contribution < 1.29 is 9.63 Å². The van der Waals surface area contributed by atoms with Gasteiger partial charge in [0.15, 0.2) is 0 Å². The largest absolute Gasteiger partial charge is 0.286 e. The number of rotatable bonds is 4. The molecule has 6 heteroatoms. The van der Waals surface area contributed by atoms with E-state index < -0.39 is 0 Å². The summed E-state index contributed by atoms with van der Waals surface area (Å²) in [6.45, 7) is 4.03. The highest BCUT2D eigenvalue weighted by molar-refractivity contribution is 7.17. The van der Waals surface area contributed by atoms with E-state index in [-0.39, 0.29) is 5.91 Å². The van der Waals surface area contributed by atoms with Crippen LogP contribution in [0.15, 0.2) is 24.3 Å². The number of amides is 1. The van der Waals surface area contributed by atoms with E-state index in [9.17, 15) is 4.79 Å². The summed E-state index contributed by atoms with van der Waals surface area (Å²) in [4.78, 5) is 21.7. The Bertz CT molecular complexity index is 581. The Morgan fingerprint density at radius 3 is 2.74 bits per heavy atom. The molecular weight excluding hydrogens is 284 g/mol. The van der Waals surface area contributed by atoms with E-state index in [4.69, 9.17) is 16.4 Å².